The second-order valence-corrected chi connectivity index (χ2v) is 6.48. The number of nitrogens with one attached hydrogen (secondary N) is 1. The number of aliphatic hydroxyl groups excluding tert-OH is 1. The van der Waals surface area contributed by atoms with Crippen LogP contribution in [-0.4, -0.2) is 29.2 Å². The van der Waals surface area contributed by atoms with Gasteiger partial charge in [0.15, 0.2) is 0 Å². The van der Waals surface area contributed by atoms with Crippen molar-refractivity contribution in [3.05, 3.63) is 0 Å². The Morgan fingerprint density at radius 1 is 1.16 bits per heavy atom. The number of rotatable bonds is 2. The first kappa shape index (κ1) is 14.8. The molecule has 2 aliphatic carbocycles. The predicted octanol–water partition coefficient (Wildman–Crippen LogP) is 1.56. The van der Waals surface area contributed by atoms with Crippen molar-refractivity contribution < 1.29 is 9.90 Å². The molecule has 0 spiro atoms. The largest absolute Gasteiger partial charge is 0.391 e. The van der Waals surface area contributed by atoms with Gasteiger partial charge >= 0.3 is 0 Å². The molecular weight excluding hydrogens is 240 g/mol. The van der Waals surface area contributed by atoms with Crippen LogP contribution < -0.4 is 11.1 Å². The second kappa shape index (κ2) is 6.71. The summed E-state index contributed by atoms with van der Waals surface area (Å²) in [6.07, 6.45) is 7.46. The first-order valence-electron chi connectivity index (χ1n) is 7.82. The summed E-state index contributed by atoms with van der Waals surface area (Å²) in [5, 5.41) is 13.2. The molecule has 2 aliphatic rings. The normalized spacial score (nSPS) is 40.5. The van der Waals surface area contributed by atoms with Crippen molar-refractivity contribution in [1.29, 1.82) is 0 Å². The molecule has 5 unspecified atom stereocenters. The van der Waals surface area contributed by atoms with Crippen LogP contribution in [0.2, 0.25) is 0 Å². The van der Waals surface area contributed by atoms with Crippen LogP contribution in [-0.2, 0) is 4.79 Å². The second-order valence-electron chi connectivity index (χ2n) is 6.48. The Kier molecular flexibility index (Phi) is 5.22. The lowest BCUT2D eigenvalue weighted by Gasteiger charge is -2.33. The van der Waals surface area contributed by atoms with Gasteiger partial charge in [0.05, 0.1) is 12.1 Å². The zero-order chi connectivity index (χ0) is 13.8. The molecule has 0 heterocycles. The Bertz CT molecular complexity index is 309. The van der Waals surface area contributed by atoms with E-state index in [9.17, 15) is 9.90 Å². The minimum absolute atomic E-state index is 0.0437. The zero-order valence-electron chi connectivity index (χ0n) is 12.0. The molecule has 4 N–H and O–H groups in total. The van der Waals surface area contributed by atoms with Gasteiger partial charge < -0.3 is 16.2 Å². The fourth-order valence-electron chi connectivity index (χ4n) is 3.57. The maximum Gasteiger partial charge on any atom is 0.223 e. The van der Waals surface area contributed by atoms with E-state index in [4.69, 9.17) is 5.73 Å². The Balaban J connectivity index is 1.89. The third-order valence-corrected chi connectivity index (χ3v) is 4.85. The van der Waals surface area contributed by atoms with E-state index in [-0.39, 0.29) is 30.0 Å². The topological polar surface area (TPSA) is 75.4 Å². The molecule has 0 radical (unpaired) electrons. The Morgan fingerprint density at radius 2 is 1.89 bits per heavy atom. The van der Waals surface area contributed by atoms with Gasteiger partial charge in [0.2, 0.25) is 5.91 Å². The van der Waals surface area contributed by atoms with E-state index in [2.05, 4.69) is 12.2 Å². The SMILES string of the molecule is CC1CC(N)CCC1C(=O)NC1CCCCCC1O. The molecule has 0 aliphatic heterocycles. The van der Waals surface area contributed by atoms with Crippen LogP contribution >= 0.6 is 0 Å². The molecule has 0 saturated heterocycles. The summed E-state index contributed by atoms with van der Waals surface area (Å²) in [7, 11) is 0. The monoisotopic (exact) mass is 268 g/mol. The molecular formula is C15H28N2O2. The molecule has 2 saturated carbocycles. The lowest BCUT2D eigenvalue weighted by molar-refractivity contribution is -0.129. The van der Waals surface area contributed by atoms with Gasteiger partial charge in [-0.1, -0.05) is 26.2 Å². The lowest BCUT2D eigenvalue weighted by Crippen LogP contribution is -2.48. The van der Waals surface area contributed by atoms with Crippen LogP contribution in [0.25, 0.3) is 0 Å². The smallest absolute Gasteiger partial charge is 0.223 e. The summed E-state index contributed by atoms with van der Waals surface area (Å²) in [6, 6.07) is 0.209. The average Bonchev–Trinajstić information content (AvgIpc) is 2.55. The highest BCUT2D eigenvalue weighted by Crippen LogP contribution is 2.29. The van der Waals surface area contributed by atoms with E-state index < -0.39 is 0 Å². The van der Waals surface area contributed by atoms with E-state index in [1.54, 1.807) is 0 Å². The number of carbonyl (C=O) groups excluding carboxylic acids is 1. The third kappa shape index (κ3) is 3.93. The van der Waals surface area contributed by atoms with Gasteiger partial charge in [0.25, 0.3) is 0 Å². The first-order chi connectivity index (χ1) is 9.08. The van der Waals surface area contributed by atoms with E-state index in [1.165, 1.54) is 0 Å². The number of hydrogen-bond acceptors (Lipinski definition) is 3. The van der Waals surface area contributed by atoms with E-state index in [0.29, 0.717) is 5.92 Å². The molecule has 1 amide bonds. The Morgan fingerprint density at radius 3 is 2.63 bits per heavy atom. The Labute approximate surface area is 116 Å². The molecule has 110 valence electrons. The molecule has 0 aromatic carbocycles. The van der Waals surface area contributed by atoms with Crippen molar-refractivity contribution in [2.24, 2.45) is 17.6 Å². The van der Waals surface area contributed by atoms with Gasteiger partial charge in [0, 0.05) is 12.0 Å². The Hall–Kier alpha value is -0.610. The van der Waals surface area contributed by atoms with Crippen LogP contribution in [0.15, 0.2) is 0 Å². The van der Waals surface area contributed by atoms with Crippen molar-refractivity contribution >= 4 is 5.91 Å². The third-order valence-electron chi connectivity index (χ3n) is 4.85. The van der Waals surface area contributed by atoms with Crippen molar-refractivity contribution in [3.63, 3.8) is 0 Å². The zero-order valence-corrected chi connectivity index (χ0v) is 12.0. The summed E-state index contributed by atoms with van der Waals surface area (Å²) in [4.78, 5) is 12.4. The van der Waals surface area contributed by atoms with Crippen LogP contribution in [0.3, 0.4) is 0 Å². The highest BCUT2D eigenvalue weighted by atomic mass is 16.3. The fourth-order valence-corrected chi connectivity index (χ4v) is 3.57. The van der Waals surface area contributed by atoms with Gasteiger partial charge in [-0.2, -0.15) is 0 Å². The number of amides is 1. The number of carbonyl (C=O) groups is 1. The molecule has 0 bridgehead atoms. The van der Waals surface area contributed by atoms with Crippen LogP contribution in [0, 0.1) is 11.8 Å². The fraction of sp³-hybridized carbons (Fsp3) is 0.933. The average molecular weight is 268 g/mol. The first-order valence-corrected chi connectivity index (χ1v) is 7.82. The van der Waals surface area contributed by atoms with Gasteiger partial charge in [0.1, 0.15) is 0 Å². The quantitative estimate of drug-likeness (QED) is 0.665. The number of aliphatic hydroxyl groups is 1. The van der Waals surface area contributed by atoms with E-state index in [1.807, 2.05) is 0 Å². The molecule has 4 heteroatoms. The van der Waals surface area contributed by atoms with E-state index in [0.717, 1.165) is 51.4 Å². The number of hydrogen-bond donors (Lipinski definition) is 3. The minimum Gasteiger partial charge on any atom is -0.391 e. The summed E-state index contributed by atoms with van der Waals surface area (Å²) in [6.45, 7) is 2.12. The van der Waals surface area contributed by atoms with Gasteiger partial charge in [-0.25, -0.2) is 0 Å². The molecule has 19 heavy (non-hydrogen) atoms. The van der Waals surface area contributed by atoms with Crippen molar-refractivity contribution in [2.75, 3.05) is 0 Å². The number of nitrogens with two attached hydrogens (primary N) is 1. The standard InChI is InChI=1S/C15H28N2O2/c1-10-9-11(16)7-8-12(10)15(19)17-13-5-3-2-4-6-14(13)18/h10-14,18H,2-9,16H2,1H3,(H,17,19). The van der Waals surface area contributed by atoms with Crippen LogP contribution in [0.1, 0.15) is 58.3 Å². The maximum atomic E-state index is 12.4. The molecule has 0 aromatic heterocycles. The van der Waals surface area contributed by atoms with Crippen molar-refractivity contribution in [2.45, 2.75) is 76.5 Å². The van der Waals surface area contributed by atoms with Crippen molar-refractivity contribution in [3.8, 4) is 0 Å². The minimum atomic E-state index is -0.368. The molecule has 2 rings (SSSR count). The van der Waals surface area contributed by atoms with Crippen LogP contribution in [0.4, 0.5) is 0 Å². The summed E-state index contributed by atoms with van der Waals surface area (Å²) >= 11 is 0. The molecule has 0 aromatic rings. The van der Waals surface area contributed by atoms with Crippen LogP contribution in [0.5, 0.6) is 0 Å². The predicted molar refractivity (Wildman–Crippen MR) is 75.5 cm³/mol. The van der Waals surface area contributed by atoms with Gasteiger partial charge in [-0.3, -0.25) is 4.79 Å². The summed E-state index contributed by atoms with van der Waals surface area (Å²) in [5.74, 6) is 0.562. The van der Waals surface area contributed by atoms with Gasteiger partial charge in [-0.15, -0.1) is 0 Å². The van der Waals surface area contributed by atoms with Crippen molar-refractivity contribution in [1.82, 2.24) is 5.32 Å². The maximum absolute atomic E-state index is 12.4. The molecule has 2 fully saturated rings. The van der Waals surface area contributed by atoms with Gasteiger partial charge in [-0.05, 0) is 38.0 Å². The molecule has 5 atom stereocenters. The highest BCUT2D eigenvalue weighted by molar-refractivity contribution is 5.79. The lowest BCUT2D eigenvalue weighted by atomic mass is 9.77. The highest BCUT2D eigenvalue weighted by Gasteiger charge is 2.33. The van der Waals surface area contributed by atoms with E-state index >= 15 is 0 Å². The molecule has 4 nitrogen and oxygen atoms in total. The summed E-state index contributed by atoms with van der Waals surface area (Å²) < 4.78 is 0. The summed E-state index contributed by atoms with van der Waals surface area (Å²) in [5.41, 5.74) is 5.94.